The van der Waals surface area contributed by atoms with Gasteiger partial charge in [-0.2, -0.15) is 0 Å². The van der Waals surface area contributed by atoms with Crippen LogP contribution >= 0.6 is 0 Å². The molecule has 1 N–H and O–H groups in total. The van der Waals surface area contributed by atoms with Crippen LogP contribution in [0.4, 0.5) is 11.4 Å². The van der Waals surface area contributed by atoms with Gasteiger partial charge in [-0.05, 0) is 31.2 Å². The van der Waals surface area contributed by atoms with E-state index in [0.29, 0.717) is 17.0 Å². The summed E-state index contributed by atoms with van der Waals surface area (Å²) in [7, 11) is 0. The monoisotopic (exact) mass is 370 g/mol. The average Bonchev–Trinajstić information content (AvgIpc) is 2.64. The van der Waals surface area contributed by atoms with Crippen molar-refractivity contribution in [3.63, 3.8) is 0 Å². The van der Waals surface area contributed by atoms with Crippen LogP contribution in [0.25, 0.3) is 0 Å². The number of rotatable bonds is 5. The lowest BCUT2D eigenvalue weighted by atomic mass is 10.1. The molecule has 27 heavy (non-hydrogen) atoms. The van der Waals surface area contributed by atoms with Crippen LogP contribution in [-0.4, -0.2) is 35.8 Å². The number of amides is 1. The van der Waals surface area contributed by atoms with E-state index in [-0.39, 0.29) is 29.3 Å². The summed E-state index contributed by atoms with van der Waals surface area (Å²) in [5.74, 6) is -1.40. The highest BCUT2D eigenvalue weighted by molar-refractivity contribution is 6.03. The first-order chi connectivity index (χ1) is 12.9. The molecule has 0 spiro atoms. The maximum atomic E-state index is 12.3. The molecular formula is C18H14N2O7. The van der Waals surface area contributed by atoms with Gasteiger partial charge in [0, 0.05) is 11.1 Å². The van der Waals surface area contributed by atoms with Crippen molar-refractivity contribution in [2.45, 2.75) is 6.92 Å². The van der Waals surface area contributed by atoms with Crippen molar-refractivity contribution in [3.8, 4) is 5.75 Å². The predicted molar refractivity (Wildman–Crippen MR) is 93.0 cm³/mol. The number of anilines is 1. The first kappa shape index (κ1) is 18.1. The Kier molecular flexibility index (Phi) is 4.84. The molecule has 0 aromatic heterocycles. The lowest BCUT2D eigenvalue weighted by Crippen LogP contribution is -2.25. The molecule has 1 aliphatic heterocycles. The molecule has 1 amide bonds. The summed E-state index contributed by atoms with van der Waals surface area (Å²) in [5.41, 5.74) is 0.276. The predicted octanol–water partition coefficient (Wildman–Crippen LogP) is 2.27. The molecule has 9 heteroatoms. The zero-order valence-corrected chi connectivity index (χ0v) is 14.2. The molecule has 9 nitrogen and oxygen atoms in total. The molecule has 3 rings (SSSR count). The zero-order valence-electron chi connectivity index (χ0n) is 14.2. The van der Waals surface area contributed by atoms with E-state index >= 15 is 0 Å². The molecule has 0 atom stereocenters. The van der Waals surface area contributed by atoms with Crippen LogP contribution in [0.3, 0.4) is 0 Å². The van der Waals surface area contributed by atoms with Crippen molar-refractivity contribution >= 4 is 29.0 Å². The zero-order chi connectivity index (χ0) is 19.6. The molecule has 0 unspecified atom stereocenters. The van der Waals surface area contributed by atoms with Crippen LogP contribution in [0.15, 0.2) is 36.4 Å². The number of ether oxygens (including phenoxy) is 2. The minimum atomic E-state index is -0.964. The summed E-state index contributed by atoms with van der Waals surface area (Å²) < 4.78 is 10.1. The summed E-state index contributed by atoms with van der Waals surface area (Å²) in [6, 6.07) is 8.68. The van der Waals surface area contributed by atoms with Crippen molar-refractivity contribution in [1.82, 2.24) is 0 Å². The van der Waals surface area contributed by atoms with Crippen LogP contribution in [0.2, 0.25) is 0 Å². The van der Waals surface area contributed by atoms with E-state index in [1.54, 1.807) is 0 Å². The number of para-hydroxylation sites is 1. The minimum absolute atomic E-state index is 0.104. The van der Waals surface area contributed by atoms with Gasteiger partial charge in [0.05, 0.1) is 10.6 Å². The number of carbonyl (C=O) groups excluding carboxylic acids is 3. The van der Waals surface area contributed by atoms with Crippen molar-refractivity contribution in [3.05, 3.63) is 63.2 Å². The first-order valence-corrected chi connectivity index (χ1v) is 7.88. The summed E-state index contributed by atoms with van der Waals surface area (Å²) >= 11 is 0. The molecule has 0 fully saturated rings. The SMILES string of the molecule is Cc1cccc(C(=O)OCC(=O)c2ccc3c(c2)NC(=O)CO3)c1[N+](=O)[O-]. The Balaban J connectivity index is 1.72. The highest BCUT2D eigenvalue weighted by atomic mass is 16.6. The first-order valence-electron chi connectivity index (χ1n) is 7.88. The number of hydrogen-bond acceptors (Lipinski definition) is 7. The highest BCUT2D eigenvalue weighted by Crippen LogP contribution is 2.29. The number of aryl methyl sites for hydroxylation is 1. The quantitative estimate of drug-likeness (QED) is 0.370. The van der Waals surface area contributed by atoms with Gasteiger partial charge in [0.25, 0.3) is 11.6 Å². The molecule has 1 aliphatic rings. The summed E-state index contributed by atoms with van der Waals surface area (Å²) in [6.07, 6.45) is 0. The molecule has 2 aromatic carbocycles. The fraction of sp³-hybridized carbons (Fsp3) is 0.167. The minimum Gasteiger partial charge on any atom is -0.482 e. The number of Topliss-reactive ketones (excluding diaryl/α,β-unsaturated/α-hetero) is 1. The third-order valence-electron chi connectivity index (χ3n) is 3.91. The van der Waals surface area contributed by atoms with Crippen LogP contribution in [-0.2, 0) is 9.53 Å². The van der Waals surface area contributed by atoms with Gasteiger partial charge in [0.2, 0.25) is 0 Å². The van der Waals surface area contributed by atoms with Crippen LogP contribution in [0.1, 0.15) is 26.3 Å². The number of nitrogens with zero attached hydrogens (tertiary/aromatic N) is 1. The molecule has 138 valence electrons. The van der Waals surface area contributed by atoms with Gasteiger partial charge in [-0.3, -0.25) is 19.7 Å². The Bertz CT molecular complexity index is 968. The second-order valence-electron chi connectivity index (χ2n) is 5.78. The van der Waals surface area contributed by atoms with Crippen LogP contribution in [0.5, 0.6) is 5.75 Å². The Labute approximate surface area is 153 Å². The number of nitro benzene ring substituents is 1. The molecule has 0 aliphatic carbocycles. The number of hydrogen-bond donors (Lipinski definition) is 1. The largest absolute Gasteiger partial charge is 0.482 e. The Morgan fingerprint density at radius 1 is 1.30 bits per heavy atom. The second kappa shape index (κ2) is 7.24. The fourth-order valence-electron chi connectivity index (χ4n) is 2.61. The molecule has 0 radical (unpaired) electrons. The van der Waals surface area contributed by atoms with E-state index in [2.05, 4.69) is 5.32 Å². The van der Waals surface area contributed by atoms with Crippen molar-refractivity contribution < 1.29 is 28.8 Å². The van der Waals surface area contributed by atoms with Gasteiger partial charge >= 0.3 is 5.97 Å². The number of carbonyl (C=O) groups is 3. The van der Waals surface area contributed by atoms with Crippen molar-refractivity contribution in [2.24, 2.45) is 0 Å². The number of fused-ring (bicyclic) bond motifs is 1. The van der Waals surface area contributed by atoms with E-state index in [1.807, 2.05) is 0 Å². The topological polar surface area (TPSA) is 125 Å². The number of ketones is 1. The highest BCUT2D eigenvalue weighted by Gasteiger charge is 2.24. The standard InChI is InChI=1S/C18H14N2O7/c1-10-3-2-4-12(17(10)20(24)25)18(23)27-8-14(21)11-5-6-15-13(7-11)19-16(22)9-26-15/h2-7H,8-9H2,1H3,(H,19,22). The van der Waals surface area contributed by atoms with E-state index in [9.17, 15) is 24.5 Å². The smallest absolute Gasteiger partial charge is 0.345 e. The number of benzene rings is 2. The molecule has 0 saturated heterocycles. The third kappa shape index (κ3) is 3.76. The van der Waals surface area contributed by atoms with Gasteiger partial charge < -0.3 is 14.8 Å². The summed E-state index contributed by atoms with van der Waals surface area (Å²) in [6.45, 7) is 0.800. The molecule has 0 saturated carbocycles. The van der Waals surface area contributed by atoms with E-state index in [0.717, 1.165) is 0 Å². The van der Waals surface area contributed by atoms with Gasteiger partial charge in [-0.25, -0.2) is 4.79 Å². The van der Waals surface area contributed by atoms with Gasteiger partial charge in [0.15, 0.2) is 19.0 Å². The molecular weight excluding hydrogens is 356 g/mol. The number of nitrogens with one attached hydrogen (secondary N) is 1. The second-order valence-corrected chi connectivity index (χ2v) is 5.78. The van der Waals surface area contributed by atoms with Gasteiger partial charge in [-0.1, -0.05) is 12.1 Å². The van der Waals surface area contributed by atoms with Crippen LogP contribution < -0.4 is 10.1 Å². The van der Waals surface area contributed by atoms with Gasteiger partial charge in [-0.15, -0.1) is 0 Å². The maximum absolute atomic E-state index is 12.3. The van der Waals surface area contributed by atoms with E-state index < -0.39 is 23.3 Å². The Morgan fingerprint density at radius 2 is 2.07 bits per heavy atom. The molecule has 0 bridgehead atoms. The normalized spacial score (nSPS) is 12.4. The number of nitro groups is 1. The molecule has 2 aromatic rings. The lowest BCUT2D eigenvalue weighted by molar-refractivity contribution is -0.385. The third-order valence-corrected chi connectivity index (χ3v) is 3.91. The van der Waals surface area contributed by atoms with E-state index in [4.69, 9.17) is 9.47 Å². The maximum Gasteiger partial charge on any atom is 0.345 e. The Morgan fingerprint density at radius 3 is 2.81 bits per heavy atom. The average molecular weight is 370 g/mol. The fourth-order valence-corrected chi connectivity index (χ4v) is 2.61. The van der Waals surface area contributed by atoms with Crippen molar-refractivity contribution in [1.29, 1.82) is 0 Å². The van der Waals surface area contributed by atoms with Crippen LogP contribution in [0, 0.1) is 17.0 Å². The molecule has 1 heterocycles. The van der Waals surface area contributed by atoms with E-state index in [1.165, 1.54) is 43.3 Å². The Hall–Kier alpha value is -3.75. The number of esters is 1. The van der Waals surface area contributed by atoms with Gasteiger partial charge in [0.1, 0.15) is 11.3 Å². The summed E-state index contributed by atoms with van der Waals surface area (Å²) in [5, 5.41) is 13.7. The summed E-state index contributed by atoms with van der Waals surface area (Å²) in [4.78, 5) is 46.3. The lowest BCUT2D eigenvalue weighted by Gasteiger charge is -2.18. The van der Waals surface area contributed by atoms with Crippen molar-refractivity contribution in [2.75, 3.05) is 18.5 Å².